The average molecular weight is 419 g/mol. The Balaban J connectivity index is 1.87. The molecule has 2 aromatic rings. The highest BCUT2D eigenvalue weighted by Gasteiger charge is 2.35. The van der Waals surface area contributed by atoms with Gasteiger partial charge in [0.2, 0.25) is 5.78 Å². The summed E-state index contributed by atoms with van der Waals surface area (Å²) in [5, 5.41) is 13.4. The van der Waals surface area contributed by atoms with Crippen LogP contribution in [-0.2, 0) is 0 Å². The molecular weight excluding hydrogens is 394 g/mol. The van der Waals surface area contributed by atoms with Crippen LogP contribution >= 0.6 is 0 Å². The number of hydrogen-bond acceptors (Lipinski definition) is 6. The lowest BCUT2D eigenvalue weighted by atomic mass is 9.82. The average Bonchev–Trinajstić information content (AvgIpc) is 2.70. The van der Waals surface area contributed by atoms with E-state index >= 15 is 0 Å². The van der Waals surface area contributed by atoms with Crippen LogP contribution in [0.15, 0.2) is 52.7 Å². The predicted molar refractivity (Wildman–Crippen MR) is 120 cm³/mol. The molecule has 0 unspecified atom stereocenters. The molecule has 0 amide bonds. The van der Waals surface area contributed by atoms with Gasteiger partial charge in [-0.15, -0.1) is 4.91 Å². The Morgan fingerprint density at radius 1 is 1.00 bits per heavy atom. The number of phenolic OH excluding ortho intramolecular Hbond substituents is 1. The number of carbonyl (C=O) groups excluding carboxylic acids is 2. The van der Waals surface area contributed by atoms with E-state index in [9.17, 15) is 19.6 Å². The lowest BCUT2D eigenvalue weighted by Crippen LogP contribution is -2.21. The van der Waals surface area contributed by atoms with E-state index in [-0.39, 0.29) is 46.0 Å². The molecule has 1 aliphatic carbocycles. The SMILES string of the molecule is CC(C)=CCC/C(C)=C/COc1cc(O)c2c(c1)C(=O)c1cc(C)cc(N=O)c1C2=O. The van der Waals surface area contributed by atoms with Crippen molar-refractivity contribution in [2.24, 2.45) is 5.18 Å². The Bertz CT molecular complexity index is 1140. The molecule has 3 rings (SSSR count). The standard InChI is InChI=1S/C25H25NO5/c1-14(2)6-5-7-15(3)8-9-31-17-12-19-23(21(27)13-17)25(29)22-18(24(19)28)10-16(4)11-20(22)26-30/h6,8,10-13,27H,5,7,9H2,1-4H3/b15-8+. The molecule has 0 heterocycles. The van der Waals surface area contributed by atoms with Gasteiger partial charge in [0.05, 0.1) is 11.1 Å². The third-order valence-corrected chi connectivity index (χ3v) is 5.17. The summed E-state index contributed by atoms with van der Waals surface area (Å²) in [6.45, 7) is 8.13. The van der Waals surface area contributed by atoms with Gasteiger partial charge in [0, 0.05) is 17.2 Å². The lowest BCUT2D eigenvalue weighted by Gasteiger charge is -2.20. The van der Waals surface area contributed by atoms with Crippen LogP contribution in [0.1, 0.15) is 71.0 Å². The fourth-order valence-corrected chi connectivity index (χ4v) is 3.60. The van der Waals surface area contributed by atoms with Gasteiger partial charge in [-0.3, -0.25) is 9.59 Å². The molecular formula is C25H25NO5. The number of nitroso groups, excluding NO2 is 1. The first-order chi connectivity index (χ1) is 14.7. The molecule has 0 atom stereocenters. The molecule has 0 saturated carbocycles. The van der Waals surface area contributed by atoms with Crippen molar-refractivity contribution < 1.29 is 19.4 Å². The molecule has 2 aromatic carbocycles. The molecule has 0 aliphatic heterocycles. The zero-order valence-corrected chi connectivity index (χ0v) is 18.1. The van der Waals surface area contributed by atoms with Crippen LogP contribution in [-0.4, -0.2) is 23.3 Å². The second kappa shape index (κ2) is 9.08. The number of aromatic hydroxyl groups is 1. The minimum Gasteiger partial charge on any atom is -0.507 e. The van der Waals surface area contributed by atoms with Crippen LogP contribution in [0.5, 0.6) is 11.5 Å². The first-order valence-electron chi connectivity index (χ1n) is 10.1. The maximum atomic E-state index is 13.1. The maximum Gasteiger partial charge on any atom is 0.200 e. The Labute approximate surface area is 181 Å². The van der Waals surface area contributed by atoms with Crippen molar-refractivity contribution in [1.82, 2.24) is 0 Å². The fourth-order valence-electron chi connectivity index (χ4n) is 3.60. The Hall–Kier alpha value is -3.54. The second-order valence-electron chi connectivity index (χ2n) is 8.00. The number of rotatable bonds is 7. The van der Waals surface area contributed by atoms with Crippen molar-refractivity contribution in [3.8, 4) is 11.5 Å². The second-order valence-corrected chi connectivity index (χ2v) is 8.00. The molecule has 31 heavy (non-hydrogen) atoms. The number of hydrogen-bond donors (Lipinski definition) is 1. The minimum absolute atomic E-state index is 0.0548. The number of ether oxygens (including phenoxy) is 1. The number of allylic oxidation sites excluding steroid dienone is 3. The van der Waals surface area contributed by atoms with E-state index in [1.54, 1.807) is 13.0 Å². The molecule has 0 aromatic heterocycles. The van der Waals surface area contributed by atoms with Gasteiger partial charge in [-0.05, 0) is 75.6 Å². The highest BCUT2D eigenvalue weighted by atomic mass is 16.5. The minimum atomic E-state index is -0.599. The van der Waals surface area contributed by atoms with Crippen LogP contribution in [0.3, 0.4) is 0 Å². The molecule has 6 heteroatoms. The van der Waals surface area contributed by atoms with Crippen LogP contribution in [0.4, 0.5) is 5.69 Å². The Morgan fingerprint density at radius 3 is 2.39 bits per heavy atom. The smallest absolute Gasteiger partial charge is 0.200 e. The summed E-state index contributed by atoms with van der Waals surface area (Å²) in [5.74, 6) is -1.13. The molecule has 160 valence electrons. The van der Waals surface area contributed by atoms with E-state index in [0.29, 0.717) is 5.56 Å². The van der Waals surface area contributed by atoms with Gasteiger partial charge in [-0.25, -0.2) is 0 Å². The molecule has 0 spiro atoms. The first-order valence-corrected chi connectivity index (χ1v) is 10.1. The van der Waals surface area contributed by atoms with Gasteiger partial charge >= 0.3 is 0 Å². The van der Waals surface area contributed by atoms with Crippen LogP contribution < -0.4 is 4.74 Å². The topological polar surface area (TPSA) is 93.0 Å². The number of fused-ring (bicyclic) bond motifs is 2. The molecule has 0 fully saturated rings. The third-order valence-electron chi connectivity index (χ3n) is 5.17. The summed E-state index contributed by atoms with van der Waals surface area (Å²) >= 11 is 0. The van der Waals surface area contributed by atoms with Gasteiger partial charge in [0.25, 0.3) is 0 Å². The molecule has 0 radical (unpaired) electrons. The summed E-state index contributed by atoms with van der Waals surface area (Å²) in [4.78, 5) is 37.2. The van der Waals surface area contributed by atoms with E-state index in [0.717, 1.165) is 12.8 Å². The quantitative estimate of drug-likeness (QED) is 0.377. The van der Waals surface area contributed by atoms with Crippen molar-refractivity contribution in [3.63, 3.8) is 0 Å². The van der Waals surface area contributed by atoms with E-state index in [2.05, 4.69) is 25.1 Å². The summed E-state index contributed by atoms with van der Waals surface area (Å²) in [5.41, 5.74) is 2.95. The molecule has 1 N–H and O–H groups in total. The van der Waals surface area contributed by atoms with Crippen LogP contribution in [0.2, 0.25) is 0 Å². The zero-order chi connectivity index (χ0) is 22.7. The van der Waals surface area contributed by atoms with Gasteiger partial charge in [-0.1, -0.05) is 17.2 Å². The number of aryl methyl sites for hydroxylation is 1. The van der Waals surface area contributed by atoms with Crippen molar-refractivity contribution in [2.45, 2.75) is 40.5 Å². The van der Waals surface area contributed by atoms with Crippen molar-refractivity contribution in [1.29, 1.82) is 0 Å². The maximum absolute atomic E-state index is 13.1. The van der Waals surface area contributed by atoms with Gasteiger partial charge in [0.1, 0.15) is 23.8 Å². The normalized spacial score (nSPS) is 12.8. The highest BCUT2D eigenvalue weighted by molar-refractivity contribution is 6.31. The largest absolute Gasteiger partial charge is 0.507 e. The predicted octanol–water partition coefficient (Wildman–Crippen LogP) is 5.95. The Morgan fingerprint density at radius 2 is 1.71 bits per heavy atom. The van der Waals surface area contributed by atoms with E-state index in [4.69, 9.17) is 4.74 Å². The number of benzene rings is 2. The number of phenols is 1. The summed E-state index contributed by atoms with van der Waals surface area (Å²) in [6.07, 6.45) is 5.99. The van der Waals surface area contributed by atoms with Crippen molar-refractivity contribution in [2.75, 3.05) is 6.61 Å². The first kappa shape index (κ1) is 22.2. The van der Waals surface area contributed by atoms with Crippen molar-refractivity contribution >= 4 is 17.3 Å². The number of ketones is 2. The van der Waals surface area contributed by atoms with Crippen LogP contribution in [0.25, 0.3) is 0 Å². The monoisotopic (exact) mass is 419 g/mol. The third kappa shape index (κ3) is 4.63. The van der Waals surface area contributed by atoms with Gasteiger partial charge in [0.15, 0.2) is 5.78 Å². The van der Waals surface area contributed by atoms with Crippen LogP contribution in [0, 0.1) is 11.8 Å². The zero-order valence-electron chi connectivity index (χ0n) is 18.1. The highest BCUT2D eigenvalue weighted by Crippen LogP contribution is 2.39. The van der Waals surface area contributed by atoms with E-state index in [1.165, 1.54) is 29.3 Å². The summed E-state index contributed by atoms with van der Waals surface area (Å²) < 4.78 is 5.71. The van der Waals surface area contributed by atoms with Crippen molar-refractivity contribution in [3.05, 3.63) is 80.3 Å². The van der Waals surface area contributed by atoms with E-state index in [1.807, 2.05) is 13.0 Å². The summed E-state index contributed by atoms with van der Waals surface area (Å²) in [7, 11) is 0. The molecule has 0 saturated heterocycles. The molecule has 0 bridgehead atoms. The number of carbonyl (C=O) groups is 2. The van der Waals surface area contributed by atoms with Gasteiger partial charge in [-0.2, -0.15) is 0 Å². The fraction of sp³-hybridized carbons (Fsp3) is 0.280. The number of nitrogens with zero attached hydrogens (tertiary/aromatic N) is 1. The summed E-state index contributed by atoms with van der Waals surface area (Å²) in [6, 6.07) is 5.77. The van der Waals surface area contributed by atoms with E-state index < -0.39 is 11.6 Å². The lowest BCUT2D eigenvalue weighted by molar-refractivity contribution is 0.0976. The Kier molecular flexibility index (Phi) is 6.49. The molecule has 1 aliphatic rings. The van der Waals surface area contributed by atoms with Gasteiger partial charge < -0.3 is 9.84 Å². The molecule has 6 nitrogen and oxygen atoms in total.